The molecule has 2 aliphatic carbocycles. The fourth-order valence-corrected chi connectivity index (χ4v) is 3.42. The van der Waals surface area contributed by atoms with Gasteiger partial charge in [-0.1, -0.05) is 26.7 Å². The van der Waals surface area contributed by atoms with Crippen LogP contribution in [0.25, 0.3) is 0 Å². The van der Waals surface area contributed by atoms with Crippen molar-refractivity contribution in [3.63, 3.8) is 0 Å². The van der Waals surface area contributed by atoms with Gasteiger partial charge in [0.1, 0.15) is 0 Å². The monoisotopic (exact) mass is 252 g/mol. The van der Waals surface area contributed by atoms with E-state index in [2.05, 4.69) is 18.7 Å². The lowest BCUT2D eigenvalue weighted by Gasteiger charge is -2.41. The molecular weight excluding hydrogens is 220 g/mol. The summed E-state index contributed by atoms with van der Waals surface area (Å²) in [4.78, 5) is 2.76. The maximum atomic E-state index is 6.38. The molecule has 18 heavy (non-hydrogen) atoms. The normalized spacial score (nSPS) is 23.8. The number of rotatable bonds is 7. The Bertz CT molecular complexity index is 239. The molecule has 106 valence electrons. The smallest absolute Gasteiger partial charge is 0.0166 e. The second kappa shape index (κ2) is 6.38. The van der Waals surface area contributed by atoms with Crippen molar-refractivity contribution in [2.75, 3.05) is 13.1 Å². The highest BCUT2D eigenvalue weighted by atomic mass is 15.2. The van der Waals surface area contributed by atoms with Crippen molar-refractivity contribution >= 4 is 0 Å². The first-order valence-electron chi connectivity index (χ1n) is 8.12. The highest BCUT2D eigenvalue weighted by Crippen LogP contribution is 2.33. The highest BCUT2D eigenvalue weighted by Gasteiger charge is 2.33. The molecule has 0 aromatic rings. The van der Waals surface area contributed by atoms with E-state index in [1.807, 2.05) is 0 Å². The third-order valence-electron chi connectivity index (χ3n) is 5.08. The van der Waals surface area contributed by atoms with Gasteiger partial charge in [-0.05, 0) is 57.4 Å². The van der Waals surface area contributed by atoms with E-state index < -0.39 is 0 Å². The Morgan fingerprint density at radius 2 is 1.78 bits per heavy atom. The van der Waals surface area contributed by atoms with Crippen molar-refractivity contribution in [1.82, 2.24) is 4.90 Å². The molecule has 2 nitrogen and oxygen atoms in total. The Hall–Kier alpha value is -0.0800. The largest absolute Gasteiger partial charge is 0.325 e. The van der Waals surface area contributed by atoms with Crippen molar-refractivity contribution in [2.45, 2.75) is 83.2 Å². The Morgan fingerprint density at radius 1 is 1.11 bits per heavy atom. The molecule has 0 heterocycles. The van der Waals surface area contributed by atoms with Gasteiger partial charge in [-0.15, -0.1) is 0 Å². The molecule has 2 N–H and O–H groups in total. The van der Waals surface area contributed by atoms with Crippen LogP contribution in [0.3, 0.4) is 0 Å². The van der Waals surface area contributed by atoms with E-state index in [0.717, 1.165) is 12.0 Å². The molecule has 0 radical (unpaired) electrons. The summed E-state index contributed by atoms with van der Waals surface area (Å²) in [6.45, 7) is 7.21. The molecule has 0 unspecified atom stereocenters. The lowest BCUT2D eigenvalue weighted by atomic mass is 9.75. The molecule has 0 spiro atoms. The van der Waals surface area contributed by atoms with Crippen molar-refractivity contribution in [2.24, 2.45) is 11.7 Å². The summed E-state index contributed by atoms with van der Waals surface area (Å²) in [6, 6.07) is 0.868. The molecule has 0 amide bonds. The van der Waals surface area contributed by atoms with Gasteiger partial charge in [0.15, 0.2) is 0 Å². The zero-order valence-electron chi connectivity index (χ0n) is 12.5. The molecule has 2 heteroatoms. The van der Waals surface area contributed by atoms with E-state index in [0.29, 0.717) is 0 Å². The molecule has 2 rings (SSSR count). The Balaban J connectivity index is 1.79. The molecule has 0 aromatic heterocycles. The van der Waals surface area contributed by atoms with Crippen LogP contribution in [0.1, 0.15) is 71.6 Å². The summed E-state index contributed by atoms with van der Waals surface area (Å²) >= 11 is 0. The first-order chi connectivity index (χ1) is 8.59. The van der Waals surface area contributed by atoms with Crippen LogP contribution in [0, 0.1) is 5.92 Å². The van der Waals surface area contributed by atoms with Crippen LogP contribution < -0.4 is 5.73 Å². The predicted octanol–water partition coefficient (Wildman–Crippen LogP) is 3.55. The topological polar surface area (TPSA) is 29.3 Å². The van der Waals surface area contributed by atoms with Gasteiger partial charge >= 0.3 is 0 Å². The molecule has 2 fully saturated rings. The molecular formula is C16H32N2. The first-order valence-corrected chi connectivity index (χ1v) is 8.12. The fourth-order valence-electron chi connectivity index (χ4n) is 3.42. The molecule has 2 aliphatic rings. The maximum Gasteiger partial charge on any atom is 0.0166 e. The number of nitrogens with zero attached hydrogens (tertiary/aromatic N) is 1. The van der Waals surface area contributed by atoms with Crippen LogP contribution in [0.5, 0.6) is 0 Å². The third-order valence-corrected chi connectivity index (χ3v) is 5.08. The minimum Gasteiger partial charge on any atom is -0.325 e. The van der Waals surface area contributed by atoms with Crippen LogP contribution in [-0.4, -0.2) is 29.6 Å². The van der Waals surface area contributed by atoms with Gasteiger partial charge in [0.05, 0.1) is 0 Å². The van der Waals surface area contributed by atoms with Crippen molar-refractivity contribution in [3.8, 4) is 0 Å². The van der Waals surface area contributed by atoms with Gasteiger partial charge in [-0.25, -0.2) is 0 Å². The summed E-state index contributed by atoms with van der Waals surface area (Å²) in [6.07, 6.45) is 12.2. The third kappa shape index (κ3) is 3.96. The number of nitrogens with two attached hydrogens (primary N) is 1. The molecule has 0 bridgehead atoms. The van der Waals surface area contributed by atoms with Crippen molar-refractivity contribution < 1.29 is 0 Å². The van der Waals surface area contributed by atoms with E-state index >= 15 is 0 Å². The minimum absolute atomic E-state index is 0.203. The second-order valence-corrected chi connectivity index (χ2v) is 7.12. The molecule has 0 aromatic carbocycles. The van der Waals surface area contributed by atoms with Gasteiger partial charge in [0, 0.05) is 18.1 Å². The standard InChI is InChI=1S/C16H32N2/c1-14(2)8-12-18(15-6-3-4-7-15)13-11-16(17)9-5-10-16/h14-15H,3-13,17H2,1-2H3. The number of hydrogen-bond donors (Lipinski definition) is 1. The van der Waals surface area contributed by atoms with Gasteiger partial charge in [-0.2, -0.15) is 0 Å². The quantitative estimate of drug-likeness (QED) is 0.751. The Kier molecular flexibility index (Phi) is 5.08. The van der Waals surface area contributed by atoms with E-state index in [1.165, 1.54) is 70.9 Å². The first kappa shape index (κ1) is 14.3. The lowest BCUT2D eigenvalue weighted by molar-refractivity contribution is 0.142. The van der Waals surface area contributed by atoms with E-state index in [1.54, 1.807) is 0 Å². The zero-order valence-corrected chi connectivity index (χ0v) is 12.5. The van der Waals surface area contributed by atoms with Crippen LogP contribution in [0.15, 0.2) is 0 Å². The predicted molar refractivity (Wildman–Crippen MR) is 78.7 cm³/mol. The summed E-state index contributed by atoms with van der Waals surface area (Å²) in [7, 11) is 0. The Labute approximate surface area is 113 Å². The van der Waals surface area contributed by atoms with E-state index in [9.17, 15) is 0 Å². The number of hydrogen-bond acceptors (Lipinski definition) is 2. The van der Waals surface area contributed by atoms with Gasteiger partial charge in [-0.3, -0.25) is 0 Å². The second-order valence-electron chi connectivity index (χ2n) is 7.12. The summed E-state index contributed by atoms with van der Waals surface area (Å²) in [5.74, 6) is 0.824. The molecule has 2 saturated carbocycles. The highest BCUT2D eigenvalue weighted by molar-refractivity contribution is 4.93. The SMILES string of the molecule is CC(C)CCN(CCC1(N)CCC1)C1CCCC1. The van der Waals surface area contributed by atoms with Gasteiger partial charge < -0.3 is 10.6 Å². The van der Waals surface area contributed by atoms with Gasteiger partial charge in [0.2, 0.25) is 0 Å². The van der Waals surface area contributed by atoms with Crippen LogP contribution in [-0.2, 0) is 0 Å². The summed E-state index contributed by atoms with van der Waals surface area (Å²) in [5, 5.41) is 0. The zero-order chi connectivity index (χ0) is 13.0. The molecule has 0 aliphatic heterocycles. The van der Waals surface area contributed by atoms with Crippen molar-refractivity contribution in [3.05, 3.63) is 0 Å². The summed E-state index contributed by atoms with van der Waals surface area (Å²) < 4.78 is 0. The van der Waals surface area contributed by atoms with Crippen LogP contribution in [0.2, 0.25) is 0 Å². The van der Waals surface area contributed by atoms with E-state index in [-0.39, 0.29) is 5.54 Å². The Morgan fingerprint density at radius 3 is 2.28 bits per heavy atom. The van der Waals surface area contributed by atoms with Crippen molar-refractivity contribution in [1.29, 1.82) is 0 Å². The summed E-state index contributed by atoms with van der Waals surface area (Å²) in [5.41, 5.74) is 6.58. The maximum absolute atomic E-state index is 6.38. The van der Waals surface area contributed by atoms with Crippen LogP contribution >= 0.6 is 0 Å². The molecule has 0 saturated heterocycles. The fraction of sp³-hybridized carbons (Fsp3) is 1.00. The average molecular weight is 252 g/mol. The minimum atomic E-state index is 0.203. The average Bonchev–Trinajstić information content (AvgIpc) is 2.80. The lowest BCUT2D eigenvalue weighted by Crippen LogP contribution is -2.49. The van der Waals surface area contributed by atoms with E-state index in [4.69, 9.17) is 5.73 Å². The van der Waals surface area contributed by atoms with Gasteiger partial charge in [0.25, 0.3) is 0 Å². The van der Waals surface area contributed by atoms with Crippen LogP contribution in [0.4, 0.5) is 0 Å². The molecule has 0 atom stereocenters.